The maximum Gasteiger partial charge on any atom is -0.0138 e. The molecule has 0 radical (unpaired) electrons. The second-order valence-corrected chi connectivity index (χ2v) is 11.0. The molecule has 0 aromatic rings. The van der Waals surface area contributed by atoms with Crippen LogP contribution in [0.3, 0.4) is 0 Å². The first-order valence-corrected chi connectivity index (χ1v) is 13.6. The summed E-state index contributed by atoms with van der Waals surface area (Å²) < 4.78 is 0. The first-order chi connectivity index (χ1) is 13.9. The number of allylic oxidation sites excluding steroid dienone is 1. The van der Waals surface area contributed by atoms with E-state index in [-0.39, 0.29) is 0 Å². The zero-order valence-electron chi connectivity index (χ0n) is 21.4. The fourth-order valence-electron chi connectivity index (χ4n) is 8.79. The molecule has 0 aromatic heterocycles. The summed E-state index contributed by atoms with van der Waals surface area (Å²) in [5.41, 5.74) is 2.92. The summed E-state index contributed by atoms with van der Waals surface area (Å²) >= 11 is 0. The van der Waals surface area contributed by atoms with E-state index in [1.807, 2.05) is 27.7 Å². The average Bonchev–Trinajstić information content (AvgIpc) is 3.09. The lowest BCUT2D eigenvalue weighted by atomic mass is 9.43. The van der Waals surface area contributed by atoms with Crippen LogP contribution in [0.15, 0.2) is 12.2 Å². The van der Waals surface area contributed by atoms with Gasteiger partial charge in [0.25, 0.3) is 0 Å². The topological polar surface area (TPSA) is 0 Å². The van der Waals surface area contributed by atoms with Crippen LogP contribution >= 0.6 is 0 Å². The van der Waals surface area contributed by atoms with Crippen molar-refractivity contribution in [2.75, 3.05) is 0 Å². The standard InChI is InChI=1S/C25H42.2C2H6/c1-6-9-17(2)20-11-12-21-23-18(3)16-19-10-7-8-14-24(19,4)22(23)13-15-25(20,21)5;2*1-2/h17,19-23H,3,6-16H2,1-2,4-5H3;2*1-2H3. The Morgan fingerprint density at radius 1 is 0.897 bits per heavy atom. The third-order valence-electron chi connectivity index (χ3n) is 10.1. The Kier molecular flexibility index (Phi) is 8.94. The van der Waals surface area contributed by atoms with Crippen LogP contribution in [-0.2, 0) is 0 Å². The van der Waals surface area contributed by atoms with Crippen molar-refractivity contribution in [1.82, 2.24) is 0 Å². The Morgan fingerprint density at radius 3 is 2.21 bits per heavy atom. The molecule has 0 amide bonds. The predicted octanol–water partition coefficient (Wildman–Crippen LogP) is 9.69. The highest BCUT2D eigenvalue weighted by molar-refractivity contribution is 5.21. The molecule has 29 heavy (non-hydrogen) atoms. The Labute approximate surface area is 184 Å². The van der Waals surface area contributed by atoms with E-state index < -0.39 is 0 Å². The zero-order chi connectivity index (χ0) is 21.8. The molecule has 0 aromatic carbocycles. The molecule has 4 aliphatic rings. The lowest BCUT2D eigenvalue weighted by Gasteiger charge is -2.61. The first kappa shape index (κ1) is 25.0. The zero-order valence-corrected chi connectivity index (χ0v) is 21.4. The van der Waals surface area contributed by atoms with Crippen molar-refractivity contribution in [3.63, 3.8) is 0 Å². The third kappa shape index (κ3) is 4.25. The average molecular weight is 403 g/mol. The van der Waals surface area contributed by atoms with Crippen molar-refractivity contribution in [2.45, 2.75) is 126 Å². The van der Waals surface area contributed by atoms with Crippen LogP contribution in [0.25, 0.3) is 0 Å². The van der Waals surface area contributed by atoms with Gasteiger partial charge in [0.15, 0.2) is 0 Å². The minimum atomic E-state index is 0.608. The molecule has 0 bridgehead atoms. The van der Waals surface area contributed by atoms with E-state index in [4.69, 9.17) is 6.58 Å². The van der Waals surface area contributed by atoms with E-state index in [9.17, 15) is 0 Å². The molecule has 0 saturated heterocycles. The van der Waals surface area contributed by atoms with E-state index in [0.29, 0.717) is 10.8 Å². The van der Waals surface area contributed by atoms with Gasteiger partial charge in [0.2, 0.25) is 0 Å². The van der Waals surface area contributed by atoms with Gasteiger partial charge in [0, 0.05) is 0 Å². The Balaban J connectivity index is 0.000000707. The highest BCUT2D eigenvalue weighted by Gasteiger charge is 2.60. The fraction of sp³-hybridized carbons (Fsp3) is 0.931. The second kappa shape index (κ2) is 10.4. The van der Waals surface area contributed by atoms with Crippen molar-refractivity contribution < 1.29 is 0 Å². The van der Waals surface area contributed by atoms with E-state index >= 15 is 0 Å². The molecule has 4 aliphatic carbocycles. The van der Waals surface area contributed by atoms with Gasteiger partial charge in [0.1, 0.15) is 0 Å². The van der Waals surface area contributed by atoms with Gasteiger partial charge >= 0.3 is 0 Å². The Bertz CT molecular complexity index is 518. The van der Waals surface area contributed by atoms with Crippen molar-refractivity contribution in [3.8, 4) is 0 Å². The predicted molar refractivity (Wildman–Crippen MR) is 131 cm³/mol. The largest absolute Gasteiger partial charge is 0.0995 e. The quantitative estimate of drug-likeness (QED) is 0.412. The molecule has 4 saturated carbocycles. The van der Waals surface area contributed by atoms with Crippen molar-refractivity contribution in [3.05, 3.63) is 12.2 Å². The molecule has 4 rings (SSSR count). The Hall–Kier alpha value is -0.260. The van der Waals surface area contributed by atoms with Crippen LogP contribution in [-0.4, -0.2) is 0 Å². The summed E-state index contributed by atoms with van der Waals surface area (Å²) in [4.78, 5) is 0. The van der Waals surface area contributed by atoms with Gasteiger partial charge in [0.05, 0.1) is 0 Å². The molecule has 0 N–H and O–H groups in total. The van der Waals surface area contributed by atoms with Crippen LogP contribution in [0.1, 0.15) is 126 Å². The van der Waals surface area contributed by atoms with Crippen LogP contribution < -0.4 is 0 Å². The van der Waals surface area contributed by atoms with E-state index in [2.05, 4.69) is 27.7 Å². The number of hydrogen-bond donors (Lipinski definition) is 0. The van der Waals surface area contributed by atoms with Crippen molar-refractivity contribution in [1.29, 1.82) is 0 Å². The molecule has 170 valence electrons. The van der Waals surface area contributed by atoms with E-state index in [0.717, 1.165) is 35.5 Å². The monoisotopic (exact) mass is 402 g/mol. The minimum absolute atomic E-state index is 0.608. The summed E-state index contributed by atoms with van der Waals surface area (Å²) in [6.07, 6.45) is 16.1. The first-order valence-electron chi connectivity index (χ1n) is 13.6. The van der Waals surface area contributed by atoms with Gasteiger partial charge in [-0.1, -0.05) is 93.2 Å². The smallest absolute Gasteiger partial charge is 0.0138 e. The van der Waals surface area contributed by atoms with E-state index in [1.165, 1.54) is 70.6 Å². The molecule has 0 heterocycles. The molecule has 8 unspecified atom stereocenters. The van der Waals surface area contributed by atoms with Gasteiger partial charge in [-0.05, 0) is 91.3 Å². The normalized spacial score (nSPS) is 44.1. The lowest BCUT2D eigenvalue weighted by molar-refractivity contribution is -0.0896. The van der Waals surface area contributed by atoms with Crippen molar-refractivity contribution in [2.24, 2.45) is 46.3 Å². The molecule has 0 spiro atoms. The van der Waals surface area contributed by atoms with Crippen molar-refractivity contribution >= 4 is 0 Å². The summed E-state index contributed by atoms with van der Waals surface area (Å²) in [5.74, 6) is 5.61. The highest BCUT2D eigenvalue weighted by atomic mass is 14.7. The van der Waals surface area contributed by atoms with Crippen LogP contribution in [0.2, 0.25) is 0 Å². The van der Waals surface area contributed by atoms with Gasteiger partial charge in [-0.2, -0.15) is 0 Å². The lowest BCUT2D eigenvalue weighted by Crippen LogP contribution is -2.53. The highest BCUT2D eigenvalue weighted by Crippen LogP contribution is 2.69. The number of fused-ring (bicyclic) bond motifs is 5. The molecular weight excluding hydrogens is 348 g/mol. The van der Waals surface area contributed by atoms with Gasteiger partial charge in [-0.25, -0.2) is 0 Å². The maximum absolute atomic E-state index is 4.72. The Morgan fingerprint density at radius 2 is 1.55 bits per heavy atom. The van der Waals surface area contributed by atoms with Crippen LogP contribution in [0, 0.1) is 46.3 Å². The van der Waals surface area contributed by atoms with Gasteiger partial charge in [-0.15, -0.1) is 0 Å². The minimum Gasteiger partial charge on any atom is -0.0995 e. The second-order valence-electron chi connectivity index (χ2n) is 11.0. The summed E-state index contributed by atoms with van der Waals surface area (Å²) in [6.45, 7) is 23.0. The molecule has 8 atom stereocenters. The summed E-state index contributed by atoms with van der Waals surface area (Å²) in [5, 5.41) is 0. The third-order valence-corrected chi connectivity index (χ3v) is 10.1. The SMILES string of the molecule is C=C1CC2CCCCC2(C)C2CCC3(C)C(C(C)CCC)CCC3C12.CC.CC. The molecular formula is C29H54. The summed E-state index contributed by atoms with van der Waals surface area (Å²) in [7, 11) is 0. The van der Waals surface area contributed by atoms with E-state index in [1.54, 1.807) is 5.57 Å². The molecule has 4 fully saturated rings. The summed E-state index contributed by atoms with van der Waals surface area (Å²) in [6, 6.07) is 0. The van der Waals surface area contributed by atoms with Gasteiger partial charge < -0.3 is 0 Å². The molecule has 0 heteroatoms. The fourth-order valence-corrected chi connectivity index (χ4v) is 8.79. The van der Waals surface area contributed by atoms with Crippen LogP contribution in [0.5, 0.6) is 0 Å². The van der Waals surface area contributed by atoms with Gasteiger partial charge in [-0.3, -0.25) is 0 Å². The molecule has 0 nitrogen and oxygen atoms in total. The number of rotatable bonds is 3. The van der Waals surface area contributed by atoms with Crippen LogP contribution in [0.4, 0.5) is 0 Å². The maximum atomic E-state index is 4.72. The number of hydrogen-bond acceptors (Lipinski definition) is 0. The molecule has 0 aliphatic heterocycles.